The van der Waals surface area contributed by atoms with Crippen molar-refractivity contribution in [2.45, 2.75) is 56.1 Å². The van der Waals surface area contributed by atoms with Crippen LogP contribution in [0.3, 0.4) is 0 Å². The van der Waals surface area contributed by atoms with E-state index >= 15 is 0 Å². The van der Waals surface area contributed by atoms with Crippen molar-refractivity contribution in [2.75, 3.05) is 0 Å². The molecule has 0 bridgehead atoms. The van der Waals surface area contributed by atoms with Crippen LogP contribution in [0.15, 0.2) is 26.0 Å². The Balaban J connectivity index is 2.27. The van der Waals surface area contributed by atoms with E-state index in [1.807, 2.05) is 6.92 Å². The predicted octanol–water partition coefficient (Wildman–Crippen LogP) is 3.49. The molecule has 0 heterocycles. The molecule has 0 saturated heterocycles. The number of sulfonamides is 1. The summed E-state index contributed by atoms with van der Waals surface area (Å²) < 4.78 is 29.1. The van der Waals surface area contributed by atoms with Crippen LogP contribution in [0.4, 0.5) is 0 Å². The van der Waals surface area contributed by atoms with Crippen molar-refractivity contribution >= 4 is 41.9 Å². The Morgan fingerprint density at radius 3 is 2.52 bits per heavy atom. The van der Waals surface area contributed by atoms with E-state index in [2.05, 4.69) is 36.6 Å². The Morgan fingerprint density at radius 2 is 1.81 bits per heavy atom. The molecule has 1 aliphatic rings. The summed E-state index contributed by atoms with van der Waals surface area (Å²) in [4.78, 5) is 0.191. The van der Waals surface area contributed by atoms with Crippen molar-refractivity contribution in [2.24, 2.45) is 0 Å². The molecule has 2 N–H and O–H groups in total. The minimum absolute atomic E-state index is 0.191. The largest absolute Gasteiger partial charge is 0.391 e. The smallest absolute Gasteiger partial charge is 0.242 e. The van der Waals surface area contributed by atoms with Gasteiger partial charge in [-0.3, -0.25) is 0 Å². The number of hydrogen-bond acceptors (Lipinski definition) is 3. The summed E-state index contributed by atoms with van der Waals surface area (Å²) >= 11 is 6.67. The summed E-state index contributed by atoms with van der Waals surface area (Å²) in [6.07, 6.45) is 3.61. The second-order valence-corrected chi connectivity index (χ2v) is 8.86. The van der Waals surface area contributed by atoms with Gasteiger partial charge < -0.3 is 5.11 Å². The third kappa shape index (κ3) is 4.28. The number of aryl methyl sites for hydroxylation is 1. The van der Waals surface area contributed by atoms with Crippen molar-refractivity contribution in [3.8, 4) is 0 Å². The van der Waals surface area contributed by atoms with E-state index in [-0.39, 0.29) is 4.90 Å². The lowest BCUT2D eigenvalue weighted by Gasteiger charge is -2.22. The average molecular weight is 441 g/mol. The van der Waals surface area contributed by atoms with Crippen LogP contribution < -0.4 is 4.72 Å². The monoisotopic (exact) mass is 439 g/mol. The number of aliphatic hydroxyl groups is 1. The van der Waals surface area contributed by atoms with Crippen molar-refractivity contribution < 1.29 is 13.5 Å². The van der Waals surface area contributed by atoms with Gasteiger partial charge in [0.1, 0.15) is 0 Å². The third-order valence-electron chi connectivity index (χ3n) is 3.79. The molecular formula is C14H19Br2NO3S. The zero-order valence-corrected chi connectivity index (χ0v) is 15.8. The number of aliphatic hydroxyl groups excluding tert-OH is 1. The molecule has 118 valence electrons. The lowest BCUT2D eigenvalue weighted by Crippen LogP contribution is -2.42. The van der Waals surface area contributed by atoms with Crippen LogP contribution in [-0.2, 0) is 10.0 Å². The van der Waals surface area contributed by atoms with Gasteiger partial charge >= 0.3 is 0 Å². The Labute approximate surface area is 142 Å². The predicted molar refractivity (Wildman–Crippen MR) is 89.8 cm³/mol. The number of hydrogen-bond donors (Lipinski definition) is 2. The summed E-state index contributed by atoms with van der Waals surface area (Å²) in [5, 5.41) is 10.1. The molecule has 1 aromatic carbocycles. The van der Waals surface area contributed by atoms with E-state index in [4.69, 9.17) is 0 Å². The lowest BCUT2D eigenvalue weighted by atomic mass is 10.1. The first kappa shape index (κ1) is 17.4. The van der Waals surface area contributed by atoms with Gasteiger partial charge in [0.2, 0.25) is 10.0 Å². The highest BCUT2D eigenvalue weighted by molar-refractivity contribution is 9.11. The molecule has 7 heteroatoms. The standard InChI is InChI=1S/C14H19Br2NO3S/c1-9-7-11(16)14(8-10(9)15)21(19,20)17-12-5-3-2-4-6-13(12)18/h7-8,12-13,17-18H,2-6H2,1H3. The molecule has 1 fully saturated rings. The Bertz CT molecular complexity index is 619. The van der Waals surface area contributed by atoms with Gasteiger partial charge in [0.25, 0.3) is 0 Å². The number of nitrogens with one attached hydrogen (secondary N) is 1. The number of benzene rings is 1. The summed E-state index contributed by atoms with van der Waals surface area (Å²) in [5.41, 5.74) is 0.954. The first-order chi connectivity index (χ1) is 9.81. The van der Waals surface area contributed by atoms with Gasteiger partial charge in [0.05, 0.1) is 11.0 Å². The minimum atomic E-state index is -3.67. The molecule has 0 aliphatic heterocycles. The van der Waals surface area contributed by atoms with Crippen LogP contribution >= 0.6 is 31.9 Å². The second kappa shape index (κ2) is 7.08. The van der Waals surface area contributed by atoms with Crippen LogP contribution in [0.25, 0.3) is 0 Å². The minimum Gasteiger partial charge on any atom is -0.391 e. The van der Waals surface area contributed by atoms with Gasteiger partial charge in [-0.2, -0.15) is 0 Å². The first-order valence-corrected chi connectivity index (χ1v) is 10.0. The summed E-state index contributed by atoms with van der Waals surface area (Å²) in [6, 6.07) is 2.94. The first-order valence-electron chi connectivity index (χ1n) is 6.97. The Kier molecular flexibility index (Phi) is 5.87. The van der Waals surface area contributed by atoms with Crippen molar-refractivity contribution in [3.05, 3.63) is 26.6 Å². The lowest BCUT2D eigenvalue weighted by molar-refractivity contribution is 0.130. The number of rotatable bonds is 3. The van der Waals surface area contributed by atoms with Gasteiger partial charge in [-0.05, 0) is 53.4 Å². The average Bonchev–Trinajstić information content (AvgIpc) is 2.59. The highest BCUT2D eigenvalue weighted by Gasteiger charge is 2.28. The molecule has 4 nitrogen and oxygen atoms in total. The maximum absolute atomic E-state index is 12.6. The van der Waals surface area contributed by atoms with E-state index in [9.17, 15) is 13.5 Å². The van der Waals surface area contributed by atoms with Crippen molar-refractivity contribution in [1.29, 1.82) is 0 Å². The van der Waals surface area contributed by atoms with Crippen molar-refractivity contribution in [3.63, 3.8) is 0 Å². The Morgan fingerprint density at radius 1 is 1.14 bits per heavy atom. The molecule has 2 rings (SSSR count). The third-order valence-corrected chi connectivity index (χ3v) is 7.09. The van der Waals surface area contributed by atoms with Gasteiger partial charge in [-0.15, -0.1) is 0 Å². The summed E-state index contributed by atoms with van der Waals surface area (Å²) in [6.45, 7) is 1.90. The normalized spacial score (nSPS) is 23.8. The number of halogens is 2. The SMILES string of the molecule is Cc1cc(Br)c(S(=O)(=O)NC2CCCCCC2O)cc1Br. The zero-order valence-electron chi connectivity index (χ0n) is 11.8. The van der Waals surface area contributed by atoms with Crippen LogP contribution in [0.1, 0.15) is 37.7 Å². The van der Waals surface area contributed by atoms with Gasteiger partial charge in [0, 0.05) is 15.0 Å². The maximum Gasteiger partial charge on any atom is 0.242 e. The highest BCUT2D eigenvalue weighted by atomic mass is 79.9. The molecule has 0 spiro atoms. The van der Waals surface area contributed by atoms with Gasteiger partial charge in [0.15, 0.2) is 0 Å². The molecule has 21 heavy (non-hydrogen) atoms. The van der Waals surface area contributed by atoms with E-state index in [1.165, 1.54) is 0 Å². The second-order valence-electron chi connectivity index (χ2n) is 5.46. The highest BCUT2D eigenvalue weighted by Crippen LogP contribution is 2.29. The quantitative estimate of drug-likeness (QED) is 0.707. The van der Waals surface area contributed by atoms with Gasteiger partial charge in [-0.25, -0.2) is 13.1 Å². The van der Waals surface area contributed by atoms with E-state index in [0.717, 1.165) is 29.3 Å². The fourth-order valence-corrected chi connectivity index (χ4v) is 5.50. The van der Waals surface area contributed by atoms with Crippen LogP contribution in [0, 0.1) is 6.92 Å². The molecule has 2 unspecified atom stereocenters. The van der Waals surface area contributed by atoms with Crippen LogP contribution in [0.5, 0.6) is 0 Å². The fraction of sp³-hybridized carbons (Fsp3) is 0.571. The summed E-state index contributed by atoms with van der Waals surface area (Å²) in [5.74, 6) is 0. The molecule has 1 saturated carbocycles. The molecule has 0 amide bonds. The fourth-order valence-electron chi connectivity index (χ4n) is 2.52. The molecule has 2 atom stereocenters. The van der Waals surface area contributed by atoms with Gasteiger partial charge in [-0.1, -0.05) is 35.2 Å². The van der Waals surface area contributed by atoms with E-state index in [1.54, 1.807) is 12.1 Å². The topological polar surface area (TPSA) is 66.4 Å². The maximum atomic E-state index is 12.6. The van der Waals surface area contributed by atoms with E-state index < -0.39 is 22.2 Å². The Hall–Kier alpha value is 0.0500. The molecular weight excluding hydrogens is 422 g/mol. The zero-order chi connectivity index (χ0) is 15.6. The molecule has 0 radical (unpaired) electrons. The van der Waals surface area contributed by atoms with Crippen molar-refractivity contribution in [1.82, 2.24) is 4.72 Å². The molecule has 1 aromatic rings. The van der Waals surface area contributed by atoms with Crippen LogP contribution in [-0.4, -0.2) is 25.7 Å². The molecule has 0 aromatic heterocycles. The van der Waals surface area contributed by atoms with E-state index in [0.29, 0.717) is 17.3 Å². The summed E-state index contributed by atoms with van der Waals surface area (Å²) in [7, 11) is -3.67. The van der Waals surface area contributed by atoms with Crippen LogP contribution in [0.2, 0.25) is 0 Å². The molecule has 1 aliphatic carbocycles.